The normalized spacial score (nSPS) is 21.2. The second-order valence-corrected chi connectivity index (χ2v) is 6.02. The van der Waals surface area contributed by atoms with E-state index >= 15 is 0 Å². The highest BCUT2D eigenvalue weighted by Gasteiger charge is 2.48. The van der Waals surface area contributed by atoms with Gasteiger partial charge in [0, 0.05) is 13.1 Å². The molecule has 2 rings (SSSR count). The number of aliphatic carboxylic acids is 1. The van der Waals surface area contributed by atoms with Crippen LogP contribution in [0, 0.1) is 11.3 Å². The molecule has 0 aliphatic carbocycles. The Bertz CT molecular complexity index is 570. The lowest BCUT2D eigenvalue weighted by Crippen LogP contribution is -2.40. The largest absolute Gasteiger partial charge is 0.493 e. The van der Waals surface area contributed by atoms with Gasteiger partial charge < -0.3 is 14.7 Å². The number of hydrogen-bond donors (Lipinski definition) is 1. The lowest BCUT2D eigenvalue weighted by molar-refractivity contribution is -0.150. The zero-order chi connectivity index (χ0) is 16.3. The minimum atomic E-state index is -0.851. The first kappa shape index (κ1) is 16.3. The topological polar surface area (TPSA) is 66.8 Å². The van der Waals surface area contributed by atoms with Crippen molar-refractivity contribution in [1.82, 2.24) is 4.90 Å². The van der Waals surface area contributed by atoms with Gasteiger partial charge in [0.25, 0.3) is 5.91 Å². The molecule has 1 aromatic rings. The summed E-state index contributed by atoms with van der Waals surface area (Å²) in [4.78, 5) is 26.0. The van der Waals surface area contributed by atoms with E-state index in [4.69, 9.17) is 4.74 Å². The third-order valence-electron chi connectivity index (χ3n) is 4.54. The van der Waals surface area contributed by atoms with Gasteiger partial charge >= 0.3 is 5.97 Å². The first-order valence-corrected chi connectivity index (χ1v) is 7.67. The van der Waals surface area contributed by atoms with E-state index in [1.165, 1.54) is 0 Å². The average molecular weight is 305 g/mol. The molecule has 1 atom stereocenters. The summed E-state index contributed by atoms with van der Waals surface area (Å²) in [7, 11) is 0. The number of carboxylic acid groups (broad SMARTS) is 1. The van der Waals surface area contributed by atoms with Gasteiger partial charge in [-0.25, -0.2) is 0 Å². The molecule has 1 N–H and O–H groups in total. The number of benzene rings is 1. The number of amides is 1. The molecule has 5 heteroatoms. The van der Waals surface area contributed by atoms with E-state index in [0.717, 1.165) is 0 Å². The van der Waals surface area contributed by atoms with E-state index in [2.05, 4.69) is 0 Å². The van der Waals surface area contributed by atoms with E-state index in [1.807, 2.05) is 26.8 Å². The van der Waals surface area contributed by atoms with Crippen molar-refractivity contribution in [2.45, 2.75) is 27.2 Å². The maximum atomic E-state index is 12.7. The lowest BCUT2D eigenvalue weighted by Gasteiger charge is -2.28. The maximum Gasteiger partial charge on any atom is 0.311 e. The van der Waals surface area contributed by atoms with Crippen molar-refractivity contribution in [2.75, 3.05) is 19.7 Å². The Morgan fingerprint density at radius 2 is 2.05 bits per heavy atom. The minimum absolute atomic E-state index is 0.0232. The zero-order valence-corrected chi connectivity index (χ0v) is 13.3. The highest BCUT2D eigenvalue weighted by molar-refractivity contribution is 5.97. The smallest absolute Gasteiger partial charge is 0.311 e. The molecule has 0 spiro atoms. The van der Waals surface area contributed by atoms with Crippen molar-refractivity contribution in [3.05, 3.63) is 29.8 Å². The third-order valence-corrected chi connectivity index (χ3v) is 4.54. The molecular formula is C17H23NO4. The molecule has 1 aliphatic heterocycles. The fraction of sp³-hybridized carbons (Fsp3) is 0.529. The van der Waals surface area contributed by atoms with Gasteiger partial charge in [-0.05, 0) is 31.4 Å². The van der Waals surface area contributed by atoms with E-state index in [-0.39, 0.29) is 18.4 Å². The summed E-state index contributed by atoms with van der Waals surface area (Å²) < 4.78 is 5.50. The molecule has 1 aromatic carbocycles. The SMILES string of the molecule is CCOc1ccccc1C(=O)N1CCC(C(=O)O)(C(C)C)C1. The van der Waals surface area contributed by atoms with Crippen LogP contribution in [0.15, 0.2) is 24.3 Å². The van der Waals surface area contributed by atoms with Crippen LogP contribution < -0.4 is 4.74 Å². The van der Waals surface area contributed by atoms with Gasteiger partial charge in [0.15, 0.2) is 0 Å². The van der Waals surface area contributed by atoms with Crippen LogP contribution in [0.1, 0.15) is 37.6 Å². The van der Waals surface area contributed by atoms with Gasteiger partial charge in [-0.15, -0.1) is 0 Å². The van der Waals surface area contributed by atoms with E-state index < -0.39 is 11.4 Å². The van der Waals surface area contributed by atoms with Crippen LogP contribution in [0.25, 0.3) is 0 Å². The standard InChI is InChI=1S/C17H23NO4/c1-4-22-14-8-6-5-7-13(14)15(19)18-10-9-17(11-18,12(2)3)16(20)21/h5-8,12H,4,9-11H2,1-3H3,(H,20,21). The number of rotatable bonds is 5. The van der Waals surface area contributed by atoms with Gasteiger partial charge in [-0.3, -0.25) is 9.59 Å². The van der Waals surface area contributed by atoms with Crippen LogP contribution in [-0.4, -0.2) is 41.6 Å². The summed E-state index contributed by atoms with van der Waals surface area (Å²) in [6.07, 6.45) is 0.489. The lowest BCUT2D eigenvalue weighted by atomic mass is 9.76. The number of ether oxygens (including phenoxy) is 1. The molecule has 0 bridgehead atoms. The molecule has 120 valence electrons. The molecule has 1 unspecified atom stereocenters. The van der Waals surface area contributed by atoms with E-state index in [1.54, 1.807) is 23.1 Å². The van der Waals surface area contributed by atoms with Crippen LogP contribution in [0.2, 0.25) is 0 Å². The highest BCUT2D eigenvalue weighted by atomic mass is 16.5. The van der Waals surface area contributed by atoms with Crippen LogP contribution in [-0.2, 0) is 4.79 Å². The summed E-state index contributed by atoms with van der Waals surface area (Å²) >= 11 is 0. The summed E-state index contributed by atoms with van der Waals surface area (Å²) in [5, 5.41) is 9.58. The van der Waals surface area contributed by atoms with E-state index in [9.17, 15) is 14.7 Å². The number of likely N-dealkylation sites (tertiary alicyclic amines) is 1. The Hall–Kier alpha value is -2.04. The van der Waals surface area contributed by atoms with Gasteiger partial charge in [-0.1, -0.05) is 26.0 Å². The van der Waals surface area contributed by atoms with Crippen LogP contribution >= 0.6 is 0 Å². The second-order valence-electron chi connectivity index (χ2n) is 6.02. The molecule has 0 saturated carbocycles. The van der Waals surface area contributed by atoms with Crippen LogP contribution in [0.5, 0.6) is 5.75 Å². The van der Waals surface area contributed by atoms with Crippen molar-refractivity contribution in [2.24, 2.45) is 11.3 Å². The highest BCUT2D eigenvalue weighted by Crippen LogP contribution is 2.39. The molecule has 1 aliphatic rings. The molecule has 1 heterocycles. The summed E-state index contributed by atoms with van der Waals surface area (Å²) in [6, 6.07) is 7.10. The Balaban J connectivity index is 2.24. The first-order valence-electron chi connectivity index (χ1n) is 7.67. The quantitative estimate of drug-likeness (QED) is 0.908. The monoisotopic (exact) mass is 305 g/mol. The summed E-state index contributed by atoms with van der Waals surface area (Å²) in [5.74, 6) is -0.457. The Morgan fingerprint density at radius 3 is 2.59 bits per heavy atom. The second kappa shape index (κ2) is 6.38. The molecule has 1 fully saturated rings. The van der Waals surface area contributed by atoms with Gasteiger partial charge in [-0.2, -0.15) is 0 Å². The fourth-order valence-corrected chi connectivity index (χ4v) is 2.99. The maximum absolute atomic E-state index is 12.7. The van der Waals surface area contributed by atoms with Gasteiger partial charge in [0.05, 0.1) is 17.6 Å². The predicted octanol–water partition coefficient (Wildman–Crippen LogP) is 2.66. The number of carboxylic acids is 1. The summed E-state index contributed by atoms with van der Waals surface area (Å²) in [5.41, 5.74) is -0.356. The molecule has 1 amide bonds. The van der Waals surface area contributed by atoms with Crippen LogP contribution in [0.4, 0.5) is 0 Å². The zero-order valence-electron chi connectivity index (χ0n) is 13.3. The van der Waals surface area contributed by atoms with Crippen LogP contribution in [0.3, 0.4) is 0 Å². The van der Waals surface area contributed by atoms with Crippen molar-refractivity contribution in [3.63, 3.8) is 0 Å². The molecule has 22 heavy (non-hydrogen) atoms. The molecule has 5 nitrogen and oxygen atoms in total. The number of carbonyl (C=O) groups excluding carboxylic acids is 1. The molecular weight excluding hydrogens is 282 g/mol. The number of para-hydroxylation sites is 1. The van der Waals surface area contributed by atoms with Crippen molar-refractivity contribution < 1.29 is 19.4 Å². The predicted molar refractivity (Wildman–Crippen MR) is 83.0 cm³/mol. The van der Waals surface area contributed by atoms with Crippen molar-refractivity contribution in [3.8, 4) is 5.75 Å². The molecule has 0 aromatic heterocycles. The Labute approximate surface area is 130 Å². The molecule has 1 saturated heterocycles. The van der Waals surface area contributed by atoms with Gasteiger partial charge in [0.2, 0.25) is 0 Å². The Morgan fingerprint density at radius 1 is 1.36 bits per heavy atom. The Kier molecular flexibility index (Phi) is 4.74. The minimum Gasteiger partial charge on any atom is -0.493 e. The number of carbonyl (C=O) groups is 2. The number of nitrogens with zero attached hydrogens (tertiary/aromatic N) is 1. The fourth-order valence-electron chi connectivity index (χ4n) is 2.99. The average Bonchev–Trinajstić information content (AvgIpc) is 2.94. The molecule has 0 radical (unpaired) electrons. The third kappa shape index (κ3) is 2.80. The van der Waals surface area contributed by atoms with Crippen molar-refractivity contribution >= 4 is 11.9 Å². The van der Waals surface area contributed by atoms with E-state index in [0.29, 0.717) is 30.9 Å². The van der Waals surface area contributed by atoms with Crippen molar-refractivity contribution in [1.29, 1.82) is 0 Å². The van der Waals surface area contributed by atoms with Gasteiger partial charge in [0.1, 0.15) is 5.75 Å². The first-order chi connectivity index (χ1) is 10.4. The summed E-state index contributed by atoms with van der Waals surface area (Å²) in [6.45, 7) is 6.86. The number of hydrogen-bond acceptors (Lipinski definition) is 3.